The molecule has 0 N–H and O–H groups in total. The summed E-state index contributed by atoms with van der Waals surface area (Å²) in [5, 5.41) is 0. The van der Waals surface area contributed by atoms with E-state index in [2.05, 4.69) is 6.58 Å². The van der Waals surface area contributed by atoms with Crippen molar-refractivity contribution in [3.8, 4) is 0 Å². The molecule has 0 unspecified atom stereocenters. The second-order valence-electron chi connectivity index (χ2n) is 0.408. The van der Waals surface area contributed by atoms with Crippen LogP contribution in [0, 0.1) is 7.43 Å². The summed E-state index contributed by atoms with van der Waals surface area (Å²) in [5.41, 5.74) is 0. The van der Waals surface area contributed by atoms with Crippen molar-refractivity contribution >= 4 is 21.9 Å². The average molecular weight is 126 g/mol. The van der Waals surface area contributed by atoms with Gasteiger partial charge in [0.15, 0.2) is 0 Å². The highest BCUT2D eigenvalue weighted by molar-refractivity contribution is 5.76. The molecule has 0 aromatic rings. The second-order valence-corrected chi connectivity index (χ2v) is 0.408. The van der Waals surface area contributed by atoms with E-state index in [-0.39, 0.29) is 34.8 Å². The molecule has 1 nitrogen and oxygen atoms in total. The van der Waals surface area contributed by atoms with Gasteiger partial charge in [0.1, 0.15) is 0 Å². The van der Waals surface area contributed by atoms with Crippen molar-refractivity contribution in [1.82, 2.24) is 0 Å². The molecule has 36 valence electrons. The zero-order valence-electron chi connectivity index (χ0n) is 4.19. The number of allylic oxidation sites excluding steroid dienone is 1. The zero-order chi connectivity index (χ0) is 2.71. The predicted molar refractivity (Wildman–Crippen MR) is 31.3 cm³/mol. The van der Waals surface area contributed by atoms with Crippen LogP contribution in [-0.2, 0) is 5.48 Å². The minimum absolute atomic E-state index is 0. The van der Waals surface area contributed by atoms with E-state index in [4.69, 9.17) is 0 Å². The topological polar surface area (TPSA) is 28.5 Å². The standard InChI is InChI=1S/C3H6.C.O.2Si/c1-3-2;;;;/h3H,1H2,2H3;;;;. The fourth-order valence-corrected chi connectivity index (χ4v) is 0. The van der Waals surface area contributed by atoms with E-state index in [1.807, 2.05) is 6.92 Å². The van der Waals surface area contributed by atoms with Gasteiger partial charge in [-0.25, -0.2) is 0 Å². The van der Waals surface area contributed by atoms with Gasteiger partial charge in [0.2, 0.25) is 0 Å². The Kier molecular flexibility index (Phi) is 1060. The highest BCUT2D eigenvalue weighted by atomic mass is 28.1. The Labute approximate surface area is 55.2 Å². The molecule has 0 saturated heterocycles. The summed E-state index contributed by atoms with van der Waals surface area (Å²) in [5.74, 6) is 0. The van der Waals surface area contributed by atoms with Gasteiger partial charge in [-0.1, -0.05) is 6.08 Å². The fraction of sp³-hybridized carbons (Fsp3) is 0.250. The maximum atomic E-state index is 3.36. The molecule has 7 heavy (non-hydrogen) atoms. The summed E-state index contributed by atoms with van der Waals surface area (Å²) >= 11 is 0. The summed E-state index contributed by atoms with van der Waals surface area (Å²) < 4.78 is 0. The molecule has 0 rings (SSSR count). The van der Waals surface area contributed by atoms with Gasteiger partial charge in [0.05, 0.1) is 0 Å². The van der Waals surface area contributed by atoms with Crippen molar-refractivity contribution in [3.63, 3.8) is 0 Å². The largest absolute Gasteiger partial charge is 0.103 e. The lowest BCUT2D eigenvalue weighted by molar-refractivity contribution is 0.686. The summed E-state index contributed by atoms with van der Waals surface area (Å²) in [7, 11) is 0. The molecular weight excluding hydrogens is 120 g/mol. The van der Waals surface area contributed by atoms with Crippen molar-refractivity contribution in [2.75, 3.05) is 0 Å². The molecule has 0 bridgehead atoms. The quantitative estimate of drug-likeness (QED) is 0.332. The van der Waals surface area contributed by atoms with Crippen LogP contribution >= 0.6 is 0 Å². The van der Waals surface area contributed by atoms with Crippen LogP contribution in [0.25, 0.3) is 0 Å². The van der Waals surface area contributed by atoms with Gasteiger partial charge < -0.3 is 0 Å². The summed E-state index contributed by atoms with van der Waals surface area (Å²) in [4.78, 5) is 0. The maximum absolute atomic E-state index is 3.36. The number of hydrogen-bond acceptors (Lipinski definition) is 0. The molecule has 0 aromatic carbocycles. The van der Waals surface area contributed by atoms with Gasteiger partial charge in [-0.15, -0.1) is 6.58 Å². The Morgan fingerprint density at radius 1 is 1.29 bits per heavy atom. The molecule has 0 atom stereocenters. The van der Waals surface area contributed by atoms with Gasteiger partial charge >= 0.3 is 0 Å². The smallest absolute Gasteiger partial charge is 0 e. The minimum Gasteiger partial charge on any atom is -0.103 e. The van der Waals surface area contributed by atoms with Gasteiger partial charge in [0.25, 0.3) is 0 Å². The van der Waals surface area contributed by atoms with E-state index in [9.17, 15) is 0 Å². The van der Waals surface area contributed by atoms with Gasteiger partial charge in [-0.3, -0.25) is 0 Å². The van der Waals surface area contributed by atoms with Crippen LogP contribution in [0.3, 0.4) is 0 Å². The number of hydrogen-bond donors (Lipinski definition) is 0. The Bertz CT molecular complexity index is 17.2. The molecule has 0 amide bonds. The van der Waals surface area contributed by atoms with E-state index in [1.165, 1.54) is 0 Å². The van der Waals surface area contributed by atoms with Crippen LogP contribution in [0.1, 0.15) is 6.92 Å². The van der Waals surface area contributed by atoms with E-state index in [1.54, 1.807) is 6.08 Å². The lowest BCUT2D eigenvalue weighted by Crippen LogP contribution is -1.07. The Hall–Kier alpha value is 0.134. The van der Waals surface area contributed by atoms with Crippen molar-refractivity contribution in [3.05, 3.63) is 20.1 Å². The molecule has 0 spiro atoms. The van der Waals surface area contributed by atoms with Gasteiger partial charge in [-0.2, -0.15) is 0 Å². The molecule has 14 radical (unpaired) electrons. The minimum atomic E-state index is 0. The first-order valence-corrected chi connectivity index (χ1v) is 0.986. The Morgan fingerprint density at radius 3 is 1.29 bits per heavy atom. The third-order valence-electron chi connectivity index (χ3n) is 0. The third-order valence-corrected chi connectivity index (χ3v) is 0. The van der Waals surface area contributed by atoms with Crippen molar-refractivity contribution in [2.45, 2.75) is 6.92 Å². The van der Waals surface area contributed by atoms with E-state index in [0.29, 0.717) is 0 Å². The lowest BCUT2D eigenvalue weighted by Gasteiger charge is -1.31. The first kappa shape index (κ1) is 58.9. The zero-order valence-corrected chi connectivity index (χ0v) is 6.19. The molecule has 0 saturated carbocycles. The van der Waals surface area contributed by atoms with Crippen LogP contribution < -0.4 is 0 Å². The predicted octanol–water partition coefficient (Wildman–Crippen LogP) is 0.393. The van der Waals surface area contributed by atoms with Crippen molar-refractivity contribution < 1.29 is 5.48 Å². The third kappa shape index (κ3) is 5860. The summed E-state index contributed by atoms with van der Waals surface area (Å²) in [6.07, 6.45) is 1.75. The average Bonchev–Trinajstić information content (AvgIpc) is 0.918. The highest BCUT2D eigenvalue weighted by Gasteiger charge is 1.15. The molecule has 0 aliphatic rings. The first-order chi connectivity index (χ1) is 1.41. The summed E-state index contributed by atoms with van der Waals surface area (Å²) in [6.45, 7) is 5.25. The highest BCUT2D eigenvalue weighted by Crippen LogP contribution is 1.38. The lowest BCUT2D eigenvalue weighted by atomic mass is 10.8. The van der Waals surface area contributed by atoms with E-state index in [0.717, 1.165) is 0 Å². The number of rotatable bonds is 0. The molecule has 0 aliphatic carbocycles. The Balaban J connectivity index is -0.00000000333. The van der Waals surface area contributed by atoms with Crippen molar-refractivity contribution in [1.29, 1.82) is 0 Å². The molecular formula is C4H6OSi2. The van der Waals surface area contributed by atoms with Crippen LogP contribution in [0.15, 0.2) is 12.7 Å². The van der Waals surface area contributed by atoms with Crippen LogP contribution in [0.4, 0.5) is 0 Å². The first-order valence-electron chi connectivity index (χ1n) is 0.986. The summed E-state index contributed by atoms with van der Waals surface area (Å²) in [6, 6.07) is 0. The van der Waals surface area contributed by atoms with Gasteiger partial charge in [-0.05, 0) is 6.92 Å². The molecule has 0 heterocycles. The Morgan fingerprint density at radius 2 is 1.29 bits per heavy atom. The fourth-order valence-electron chi connectivity index (χ4n) is 0. The van der Waals surface area contributed by atoms with Crippen molar-refractivity contribution in [2.24, 2.45) is 0 Å². The van der Waals surface area contributed by atoms with Gasteiger partial charge in [0, 0.05) is 34.8 Å². The molecule has 0 aliphatic heterocycles. The van der Waals surface area contributed by atoms with Crippen LogP contribution in [-0.4, -0.2) is 21.9 Å². The molecule has 0 aromatic heterocycles. The molecule has 0 fully saturated rings. The van der Waals surface area contributed by atoms with E-state index >= 15 is 0 Å². The van der Waals surface area contributed by atoms with E-state index < -0.39 is 0 Å². The van der Waals surface area contributed by atoms with Crippen LogP contribution in [0.5, 0.6) is 0 Å². The maximum Gasteiger partial charge on any atom is 0 e. The molecule has 3 heteroatoms. The van der Waals surface area contributed by atoms with Crippen LogP contribution in [0.2, 0.25) is 0 Å². The normalized spacial score (nSPS) is 1.86. The monoisotopic (exact) mass is 126 g/mol. The SMILES string of the molecule is C=CC.[C].[O].[Si].[Si]. The second kappa shape index (κ2) is 126.